The molecular weight excluding hydrogens is 358 g/mol. The number of benzene rings is 1. The number of nitrogens with one attached hydrogen (secondary N) is 2. The molecule has 2 fully saturated rings. The fraction of sp³-hybridized carbons (Fsp3) is 0.381. The van der Waals surface area contributed by atoms with Crippen molar-refractivity contribution >= 4 is 23.4 Å². The van der Waals surface area contributed by atoms with Crippen LogP contribution in [0.2, 0.25) is 0 Å². The summed E-state index contributed by atoms with van der Waals surface area (Å²) in [6.45, 7) is 0.966. The van der Waals surface area contributed by atoms with Gasteiger partial charge in [-0.25, -0.2) is 0 Å². The molecule has 1 saturated carbocycles. The summed E-state index contributed by atoms with van der Waals surface area (Å²) in [5, 5.41) is 5.83. The van der Waals surface area contributed by atoms with Crippen LogP contribution in [-0.4, -0.2) is 41.8 Å². The number of amides is 3. The molecule has 1 aliphatic heterocycles. The van der Waals surface area contributed by atoms with Gasteiger partial charge in [-0.05, 0) is 56.0 Å². The van der Waals surface area contributed by atoms with Gasteiger partial charge in [0.25, 0.3) is 11.8 Å². The smallest absolute Gasteiger partial charge is 0.289 e. The van der Waals surface area contributed by atoms with Gasteiger partial charge in [0.15, 0.2) is 5.76 Å². The molecule has 7 heteroatoms. The summed E-state index contributed by atoms with van der Waals surface area (Å²) < 4.78 is 5.18. The van der Waals surface area contributed by atoms with Gasteiger partial charge in [0.05, 0.1) is 12.2 Å². The van der Waals surface area contributed by atoms with Crippen LogP contribution in [0.15, 0.2) is 47.1 Å². The summed E-state index contributed by atoms with van der Waals surface area (Å²) in [5.41, 5.74) is 1.12. The Labute approximate surface area is 163 Å². The zero-order chi connectivity index (χ0) is 19.5. The van der Waals surface area contributed by atoms with E-state index < -0.39 is 0 Å². The zero-order valence-corrected chi connectivity index (χ0v) is 15.5. The molecule has 2 aromatic rings. The molecule has 7 nitrogen and oxygen atoms in total. The van der Waals surface area contributed by atoms with Crippen molar-refractivity contribution in [2.24, 2.45) is 5.92 Å². The van der Waals surface area contributed by atoms with Crippen molar-refractivity contribution in [2.45, 2.75) is 31.7 Å². The van der Waals surface area contributed by atoms with Gasteiger partial charge < -0.3 is 20.0 Å². The van der Waals surface area contributed by atoms with E-state index in [0.717, 1.165) is 25.7 Å². The third-order valence-corrected chi connectivity index (χ3v) is 5.12. The highest BCUT2D eigenvalue weighted by Gasteiger charge is 2.30. The van der Waals surface area contributed by atoms with Crippen LogP contribution in [0.4, 0.5) is 5.69 Å². The SMILES string of the molecule is O=C(NC1CC1)c1cccc(NC(=O)[C@@H]2CCCN(C(=O)c3ccco3)C2)c1. The highest BCUT2D eigenvalue weighted by molar-refractivity contribution is 5.98. The molecule has 1 atom stereocenters. The van der Waals surface area contributed by atoms with Crippen molar-refractivity contribution in [1.29, 1.82) is 0 Å². The molecule has 2 heterocycles. The first kappa shape index (κ1) is 18.3. The summed E-state index contributed by atoms with van der Waals surface area (Å²) in [5.74, 6) is -0.462. The first-order valence-electron chi connectivity index (χ1n) is 9.65. The Bertz CT molecular complexity index is 874. The maximum absolute atomic E-state index is 12.7. The molecule has 1 aliphatic carbocycles. The van der Waals surface area contributed by atoms with E-state index in [-0.39, 0.29) is 35.4 Å². The standard InChI is InChI=1S/C21H23N3O4/c25-19(22-16-8-9-16)14-4-1-6-17(12-14)23-20(26)15-5-2-10-24(13-15)21(27)18-7-3-11-28-18/h1,3-4,6-7,11-12,15-16H,2,5,8-10,13H2,(H,22,25)(H,23,26)/t15-/m1/s1. The lowest BCUT2D eigenvalue weighted by molar-refractivity contribution is -0.121. The van der Waals surface area contributed by atoms with Crippen LogP contribution in [0.3, 0.4) is 0 Å². The molecule has 0 unspecified atom stereocenters. The number of hydrogen-bond donors (Lipinski definition) is 2. The second kappa shape index (κ2) is 7.88. The normalized spacial score (nSPS) is 19.1. The topological polar surface area (TPSA) is 91.7 Å². The average Bonchev–Trinajstić information content (AvgIpc) is 3.36. The van der Waals surface area contributed by atoms with Gasteiger partial charge in [0, 0.05) is 30.4 Å². The Morgan fingerprint density at radius 3 is 2.68 bits per heavy atom. The minimum absolute atomic E-state index is 0.119. The Kier molecular flexibility index (Phi) is 5.14. The van der Waals surface area contributed by atoms with E-state index in [9.17, 15) is 14.4 Å². The molecule has 1 aromatic heterocycles. The Hall–Kier alpha value is -3.09. The summed E-state index contributed by atoms with van der Waals surface area (Å²) in [4.78, 5) is 39.0. The van der Waals surface area contributed by atoms with Crippen molar-refractivity contribution in [1.82, 2.24) is 10.2 Å². The van der Waals surface area contributed by atoms with Crippen LogP contribution in [0.1, 0.15) is 46.6 Å². The number of likely N-dealkylation sites (tertiary alicyclic amines) is 1. The summed E-state index contributed by atoms with van der Waals surface area (Å²) >= 11 is 0. The number of carbonyl (C=O) groups is 3. The van der Waals surface area contributed by atoms with Crippen LogP contribution in [0, 0.1) is 5.92 Å². The van der Waals surface area contributed by atoms with E-state index in [1.54, 1.807) is 41.3 Å². The van der Waals surface area contributed by atoms with E-state index in [1.807, 2.05) is 0 Å². The molecule has 4 rings (SSSR count). The largest absolute Gasteiger partial charge is 0.459 e. The Morgan fingerprint density at radius 2 is 1.93 bits per heavy atom. The molecule has 2 N–H and O–H groups in total. The lowest BCUT2D eigenvalue weighted by Crippen LogP contribution is -2.43. The van der Waals surface area contributed by atoms with Crippen LogP contribution in [0.25, 0.3) is 0 Å². The molecule has 0 spiro atoms. The van der Waals surface area contributed by atoms with Crippen molar-refractivity contribution in [3.8, 4) is 0 Å². The van der Waals surface area contributed by atoms with Crippen molar-refractivity contribution < 1.29 is 18.8 Å². The third-order valence-electron chi connectivity index (χ3n) is 5.12. The van der Waals surface area contributed by atoms with Crippen LogP contribution >= 0.6 is 0 Å². The fourth-order valence-electron chi connectivity index (χ4n) is 3.41. The molecular formula is C21H23N3O4. The van der Waals surface area contributed by atoms with Crippen LogP contribution in [0.5, 0.6) is 0 Å². The Morgan fingerprint density at radius 1 is 1.07 bits per heavy atom. The van der Waals surface area contributed by atoms with Gasteiger partial charge in [0.2, 0.25) is 5.91 Å². The first-order valence-corrected chi connectivity index (χ1v) is 9.65. The summed E-state index contributed by atoms with van der Waals surface area (Å²) in [6, 6.07) is 10.5. The van der Waals surface area contributed by atoms with E-state index in [4.69, 9.17) is 4.42 Å². The van der Waals surface area contributed by atoms with Gasteiger partial charge >= 0.3 is 0 Å². The third kappa shape index (κ3) is 4.24. The number of anilines is 1. The monoisotopic (exact) mass is 381 g/mol. The molecule has 28 heavy (non-hydrogen) atoms. The van der Waals surface area contributed by atoms with Gasteiger partial charge in [-0.2, -0.15) is 0 Å². The summed E-state index contributed by atoms with van der Waals surface area (Å²) in [7, 11) is 0. The van der Waals surface area contributed by atoms with Crippen molar-refractivity contribution in [3.63, 3.8) is 0 Å². The highest BCUT2D eigenvalue weighted by Crippen LogP contribution is 2.22. The quantitative estimate of drug-likeness (QED) is 0.833. The Balaban J connectivity index is 1.37. The maximum Gasteiger partial charge on any atom is 0.289 e. The van der Waals surface area contributed by atoms with Gasteiger partial charge in [0.1, 0.15) is 0 Å². The molecule has 146 valence electrons. The van der Waals surface area contributed by atoms with E-state index in [2.05, 4.69) is 10.6 Å². The predicted octanol–water partition coefficient (Wildman–Crippen LogP) is 2.66. The van der Waals surface area contributed by atoms with Crippen LogP contribution in [-0.2, 0) is 4.79 Å². The van der Waals surface area contributed by atoms with Crippen molar-refractivity contribution in [2.75, 3.05) is 18.4 Å². The van der Waals surface area contributed by atoms with E-state index in [0.29, 0.717) is 24.3 Å². The summed E-state index contributed by atoms with van der Waals surface area (Å²) in [6.07, 6.45) is 4.99. The first-order chi connectivity index (χ1) is 13.6. The maximum atomic E-state index is 12.7. The molecule has 0 bridgehead atoms. The number of piperidine rings is 1. The average molecular weight is 381 g/mol. The molecule has 1 saturated heterocycles. The lowest BCUT2D eigenvalue weighted by Gasteiger charge is -2.31. The zero-order valence-electron chi connectivity index (χ0n) is 15.5. The second-order valence-electron chi connectivity index (χ2n) is 7.39. The van der Waals surface area contributed by atoms with Gasteiger partial charge in [-0.1, -0.05) is 6.07 Å². The lowest BCUT2D eigenvalue weighted by atomic mass is 9.96. The second-order valence-corrected chi connectivity index (χ2v) is 7.39. The number of furan rings is 1. The molecule has 0 radical (unpaired) electrons. The molecule has 3 amide bonds. The fourth-order valence-corrected chi connectivity index (χ4v) is 3.41. The van der Waals surface area contributed by atoms with Crippen molar-refractivity contribution in [3.05, 3.63) is 54.0 Å². The van der Waals surface area contributed by atoms with Crippen LogP contribution < -0.4 is 10.6 Å². The highest BCUT2D eigenvalue weighted by atomic mass is 16.3. The van der Waals surface area contributed by atoms with Gasteiger partial charge in [-0.15, -0.1) is 0 Å². The molecule has 1 aromatic carbocycles. The van der Waals surface area contributed by atoms with E-state index >= 15 is 0 Å². The number of nitrogens with zero attached hydrogens (tertiary/aromatic N) is 1. The minimum Gasteiger partial charge on any atom is -0.459 e. The van der Waals surface area contributed by atoms with E-state index in [1.165, 1.54) is 6.26 Å². The predicted molar refractivity (Wildman–Crippen MR) is 103 cm³/mol. The number of carbonyl (C=O) groups excluding carboxylic acids is 3. The molecule has 2 aliphatic rings. The number of hydrogen-bond acceptors (Lipinski definition) is 4. The minimum atomic E-state index is -0.295. The number of rotatable bonds is 5. The van der Waals surface area contributed by atoms with Gasteiger partial charge in [-0.3, -0.25) is 14.4 Å².